The van der Waals surface area contributed by atoms with Crippen molar-refractivity contribution in [2.75, 3.05) is 7.11 Å². The van der Waals surface area contributed by atoms with Crippen molar-refractivity contribution in [3.8, 4) is 11.4 Å². The van der Waals surface area contributed by atoms with E-state index in [9.17, 15) is 4.79 Å². The topological polar surface area (TPSA) is 74.5 Å². The lowest BCUT2D eigenvalue weighted by Gasteiger charge is -2.42. The number of carbonyl (C=O) groups is 1. The van der Waals surface area contributed by atoms with Crippen molar-refractivity contribution in [1.82, 2.24) is 10.1 Å². The third-order valence-electron chi connectivity index (χ3n) is 5.62. The maximum absolute atomic E-state index is 11.3. The van der Waals surface area contributed by atoms with E-state index < -0.39 is 8.32 Å². The summed E-state index contributed by atoms with van der Waals surface area (Å²) in [6.07, 6.45) is 0.589. The van der Waals surface area contributed by atoms with Crippen molar-refractivity contribution in [3.05, 3.63) is 35.7 Å². The van der Waals surface area contributed by atoms with Gasteiger partial charge in [0.2, 0.25) is 20.0 Å². The number of rotatable bonds is 10. The van der Waals surface area contributed by atoms with E-state index in [1.165, 1.54) is 7.11 Å². The molecule has 0 spiro atoms. The van der Waals surface area contributed by atoms with Gasteiger partial charge in [-0.25, -0.2) is 0 Å². The Balaban J connectivity index is 2.13. The molecular formula is C22H34N2O4Si. The Kier molecular flexibility index (Phi) is 8.16. The highest BCUT2D eigenvalue weighted by Crippen LogP contribution is 2.42. The molecular weight excluding hydrogens is 384 g/mol. The summed E-state index contributed by atoms with van der Waals surface area (Å²) in [5, 5.41) is 4.05. The van der Waals surface area contributed by atoms with Crippen molar-refractivity contribution in [3.63, 3.8) is 0 Å². The first-order chi connectivity index (χ1) is 13.7. The van der Waals surface area contributed by atoms with Crippen LogP contribution in [0.4, 0.5) is 0 Å². The normalized spacial score (nSPS) is 12.2. The van der Waals surface area contributed by atoms with Gasteiger partial charge in [-0.15, -0.1) is 0 Å². The fourth-order valence-corrected chi connectivity index (χ4v) is 9.71. The summed E-state index contributed by atoms with van der Waals surface area (Å²) >= 11 is 0. The number of methoxy groups -OCH3 is 1. The monoisotopic (exact) mass is 418 g/mol. The van der Waals surface area contributed by atoms with Gasteiger partial charge in [0.05, 0.1) is 20.1 Å². The van der Waals surface area contributed by atoms with Crippen molar-refractivity contribution < 1.29 is 18.5 Å². The lowest BCUT2D eigenvalue weighted by molar-refractivity contribution is -0.140. The Bertz CT molecular complexity index is 780. The molecule has 160 valence electrons. The Morgan fingerprint density at radius 3 is 2.34 bits per heavy atom. The number of nitrogens with zero attached hydrogens (tertiary/aromatic N) is 2. The maximum Gasteiger partial charge on any atom is 0.306 e. The smallest absolute Gasteiger partial charge is 0.306 e. The zero-order valence-corrected chi connectivity index (χ0v) is 19.7. The highest BCUT2D eigenvalue weighted by Gasteiger charge is 2.44. The highest BCUT2D eigenvalue weighted by atomic mass is 28.4. The zero-order valence-electron chi connectivity index (χ0n) is 18.7. The zero-order chi connectivity index (χ0) is 21.6. The van der Waals surface area contributed by atoms with Gasteiger partial charge in [0, 0.05) is 12.0 Å². The molecule has 0 fully saturated rings. The lowest BCUT2D eigenvalue weighted by atomic mass is 10.1. The molecule has 0 aliphatic rings. The van der Waals surface area contributed by atoms with Crippen molar-refractivity contribution >= 4 is 14.3 Å². The van der Waals surface area contributed by atoms with E-state index in [-0.39, 0.29) is 12.4 Å². The van der Waals surface area contributed by atoms with Gasteiger partial charge in [0.25, 0.3) is 0 Å². The second-order valence-electron chi connectivity index (χ2n) is 8.39. The summed E-state index contributed by atoms with van der Waals surface area (Å²) in [4.78, 5) is 15.7. The predicted octanol–water partition coefficient (Wildman–Crippen LogP) is 5.53. The summed E-state index contributed by atoms with van der Waals surface area (Å²) in [5.74, 6) is 0.654. The van der Waals surface area contributed by atoms with Crippen LogP contribution >= 0.6 is 0 Å². The molecule has 2 rings (SSSR count). The summed E-state index contributed by atoms with van der Waals surface area (Å²) < 4.78 is 16.6. The molecule has 6 nitrogen and oxygen atoms in total. The van der Waals surface area contributed by atoms with Crippen LogP contribution in [0, 0.1) is 0 Å². The molecule has 0 bridgehead atoms. The average Bonchev–Trinajstić information content (AvgIpc) is 3.15. The molecule has 0 saturated heterocycles. The Hall–Kier alpha value is -1.99. The van der Waals surface area contributed by atoms with Gasteiger partial charge >= 0.3 is 5.97 Å². The van der Waals surface area contributed by atoms with Crippen LogP contribution in [0.1, 0.15) is 59.4 Å². The van der Waals surface area contributed by atoms with Crippen LogP contribution < -0.4 is 0 Å². The SMILES string of the molecule is COC(=O)CCc1nc(-c2cccc(CO[Si](C(C)C)(C(C)C)C(C)C)c2)no1. The number of aromatic nitrogens is 2. The summed E-state index contributed by atoms with van der Waals surface area (Å²) in [6.45, 7) is 14.3. The first-order valence-corrected chi connectivity index (χ1v) is 12.5. The summed E-state index contributed by atoms with van der Waals surface area (Å²) in [5.41, 5.74) is 3.60. The third-order valence-corrected chi connectivity index (χ3v) is 11.7. The van der Waals surface area contributed by atoms with Gasteiger partial charge in [-0.05, 0) is 28.3 Å². The molecule has 1 aromatic carbocycles. The van der Waals surface area contributed by atoms with Crippen LogP contribution in [0.2, 0.25) is 16.6 Å². The second-order valence-corrected chi connectivity index (χ2v) is 13.9. The number of hydrogen-bond acceptors (Lipinski definition) is 6. The van der Waals surface area contributed by atoms with E-state index in [0.717, 1.165) is 11.1 Å². The molecule has 0 aliphatic carbocycles. The molecule has 0 N–H and O–H groups in total. The molecule has 7 heteroatoms. The molecule has 0 unspecified atom stereocenters. The fourth-order valence-electron chi connectivity index (χ4n) is 4.29. The van der Waals surface area contributed by atoms with E-state index in [1.807, 2.05) is 12.1 Å². The van der Waals surface area contributed by atoms with Gasteiger partial charge in [-0.3, -0.25) is 4.79 Å². The summed E-state index contributed by atoms with van der Waals surface area (Å²) in [6, 6.07) is 8.06. The van der Waals surface area contributed by atoms with Gasteiger partial charge in [-0.2, -0.15) is 4.98 Å². The quantitative estimate of drug-likeness (QED) is 0.373. The van der Waals surface area contributed by atoms with Gasteiger partial charge < -0.3 is 13.7 Å². The van der Waals surface area contributed by atoms with Gasteiger partial charge in [0.15, 0.2) is 0 Å². The first-order valence-electron chi connectivity index (χ1n) is 10.3. The van der Waals surface area contributed by atoms with Crippen LogP contribution in [0.25, 0.3) is 11.4 Å². The number of ether oxygens (including phenoxy) is 1. The first kappa shape index (κ1) is 23.3. The second kappa shape index (κ2) is 10.2. The minimum absolute atomic E-state index is 0.221. The van der Waals surface area contributed by atoms with Crippen LogP contribution in [0.5, 0.6) is 0 Å². The van der Waals surface area contributed by atoms with Crippen LogP contribution in [-0.2, 0) is 27.0 Å². The number of benzene rings is 1. The Morgan fingerprint density at radius 1 is 1.10 bits per heavy atom. The van der Waals surface area contributed by atoms with Crippen LogP contribution in [0.3, 0.4) is 0 Å². The summed E-state index contributed by atoms with van der Waals surface area (Å²) in [7, 11) is -0.556. The molecule has 1 aromatic heterocycles. The fraction of sp³-hybridized carbons (Fsp3) is 0.591. The minimum atomic E-state index is -1.92. The molecule has 0 saturated carbocycles. The maximum atomic E-state index is 11.3. The lowest BCUT2D eigenvalue weighted by Crippen LogP contribution is -2.47. The van der Waals surface area contributed by atoms with Crippen molar-refractivity contribution in [1.29, 1.82) is 0 Å². The molecule has 1 heterocycles. The molecule has 0 atom stereocenters. The highest BCUT2D eigenvalue weighted by molar-refractivity contribution is 6.77. The Morgan fingerprint density at radius 2 is 1.76 bits per heavy atom. The largest absolute Gasteiger partial charge is 0.469 e. The van der Waals surface area contributed by atoms with E-state index in [0.29, 0.717) is 41.4 Å². The standard InChI is InChI=1S/C22H34N2O4Si/c1-15(2)29(16(3)4,17(5)6)27-14-18-9-8-10-19(13-18)22-23-20(28-24-22)11-12-21(25)26-7/h8-10,13,15-17H,11-12,14H2,1-7H3. The third kappa shape index (κ3) is 5.54. The van der Waals surface area contributed by atoms with E-state index in [2.05, 4.69) is 68.6 Å². The number of carbonyl (C=O) groups excluding carboxylic acids is 1. The predicted molar refractivity (Wildman–Crippen MR) is 116 cm³/mol. The van der Waals surface area contributed by atoms with Crippen LogP contribution in [-0.4, -0.2) is 31.5 Å². The molecule has 2 aromatic rings. The molecule has 0 radical (unpaired) electrons. The van der Waals surface area contributed by atoms with Gasteiger partial charge in [-0.1, -0.05) is 64.9 Å². The van der Waals surface area contributed by atoms with Crippen molar-refractivity contribution in [2.24, 2.45) is 0 Å². The van der Waals surface area contributed by atoms with E-state index in [1.54, 1.807) is 0 Å². The minimum Gasteiger partial charge on any atom is -0.469 e. The van der Waals surface area contributed by atoms with Crippen LogP contribution in [0.15, 0.2) is 28.8 Å². The van der Waals surface area contributed by atoms with E-state index >= 15 is 0 Å². The van der Waals surface area contributed by atoms with Crippen molar-refractivity contribution in [2.45, 2.75) is 77.6 Å². The molecule has 0 aliphatic heterocycles. The number of aryl methyl sites for hydroxylation is 1. The number of esters is 1. The number of hydrogen-bond donors (Lipinski definition) is 0. The average molecular weight is 419 g/mol. The van der Waals surface area contributed by atoms with Gasteiger partial charge in [0.1, 0.15) is 0 Å². The Labute approximate surface area is 175 Å². The molecule has 0 amide bonds. The molecule has 29 heavy (non-hydrogen) atoms. The van der Waals surface area contributed by atoms with E-state index in [4.69, 9.17) is 8.95 Å².